The van der Waals surface area contributed by atoms with Crippen molar-refractivity contribution in [3.8, 4) is 18.1 Å². The van der Waals surface area contributed by atoms with Gasteiger partial charge in [-0.3, -0.25) is 0 Å². The van der Waals surface area contributed by atoms with E-state index in [4.69, 9.17) is 11.2 Å². The van der Waals surface area contributed by atoms with E-state index >= 15 is 0 Å². The van der Waals surface area contributed by atoms with Crippen LogP contribution in [0, 0.1) is 12.3 Å². The van der Waals surface area contributed by atoms with Crippen molar-refractivity contribution in [3.63, 3.8) is 0 Å². The van der Waals surface area contributed by atoms with Gasteiger partial charge in [0.2, 0.25) is 0 Å². The number of nitrogens with zero attached hydrogens (tertiary/aromatic N) is 1. The maximum absolute atomic E-state index is 5.59. The number of piperidine rings is 1. The zero-order valence-electron chi connectivity index (χ0n) is 11.9. The zero-order chi connectivity index (χ0) is 14.4. The number of nitrogens with one attached hydrogen (secondary N) is 1. The molecule has 0 radical (unpaired) electrons. The summed E-state index contributed by atoms with van der Waals surface area (Å²) in [6.07, 6.45) is 7.75. The summed E-state index contributed by atoms with van der Waals surface area (Å²) in [5.41, 5.74) is 1.14. The molecule has 0 spiro atoms. The maximum Gasteiger partial charge on any atom is 0.148 e. The first-order chi connectivity index (χ1) is 9.69. The van der Waals surface area contributed by atoms with Gasteiger partial charge in [-0.2, -0.15) is 0 Å². The average Bonchev–Trinajstić information content (AvgIpc) is 2.44. The number of ether oxygens (including phenoxy) is 1. The molecule has 0 saturated carbocycles. The highest BCUT2D eigenvalue weighted by Crippen LogP contribution is 2.23. The van der Waals surface area contributed by atoms with Crippen LogP contribution in [0.3, 0.4) is 0 Å². The van der Waals surface area contributed by atoms with Gasteiger partial charge in [-0.1, -0.05) is 21.9 Å². The van der Waals surface area contributed by atoms with E-state index in [0.29, 0.717) is 12.6 Å². The lowest BCUT2D eigenvalue weighted by atomic mass is 10.1. The molecule has 3 nitrogen and oxygen atoms in total. The Kier molecular flexibility index (Phi) is 5.90. The number of hydrogen-bond donors (Lipinski definition) is 1. The molecule has 2 rings (SSSR count). The SMILES string of the molecule is C#CCOc1ccc(Br)cc1CNC1CCCN(C)C1. The number of rotatable bonds is 5. The summed E-state index contributed by atoms with van der Waals surface area (Å²) in [6, 6.07) is 6.58. The van der Waals surface area contributed by atoms with Crippen LogP contribution in [0.25, 0.3) is 0 Å². The number of halogens is 1. The summed E-state index contributed by atoms with van der Waals surface area (Å²) in [6.45, 7) is 3.42. The monoisotopic (exact) mass is 336 g/mol. The third-order valence-corrected chi connectivity index (χ3v) is 4.03. The molecule has 1 unspecified atom stereocenters. The van der Waals surface area contributed by atoms with E-state index in [1.165, 1.54) is 19.4 Å². The van der Waals surface area contributed by atoms with Gasteiger partial charge in [0.1, 0.15) is 12.4 Å². The molecule has 1 aromatic rings. The third-order valence-electron chi connectivity index (χ3n) is 3.54. The van der Waals surface area contributed by atoms with Gasteiger partial charge < -0.3 is 15.0 Å². The second kappa shape index (κ2) is 7.68. The van der Waals surface area contributed by atoms with Crippen molar-refractivity contribution in [1.82, 2.24) is 10.2 Å². The highest BCUT2D eigenvalue weighted by Gasteiger charge is 2.17. The van der Waals surface area contributed by atoms with Crippen molar-refractivity contribution >= 4 is 15.9 Å². The fraction of sp³-hybridized carbons (Fsp3) is 0.500. The number of likely N-dealkylation sites (tertiary alicyclic amines) is 1. The van der Waals surface area contributed by atoms with E-state index < -0.39 is 0 Å². The van der Waals surface area contributed by atoms with E-state index in [1.54, 1.807) is 0 Å². The van der Waals surface area contributed by atoms with E-state index in [9.17, 15) is 0 Å². The summed E-state index contributed by atoms with van der Waals surface area (Å²) in [7, 11) is 2.18. The second-order valence-electron chi connectivity index (χ2n) is 5.23. The van der Waals surface area contributed by atoms with E-state index in [-0.39, 0.29) is 0 Å². The molecule has 1 heterocycles. The van der Waals surface area contributed by atoms with Gasteiger partial charge in [-0.15, -0.1) is 6.42 Å². The molecule has 0 aromatic heterocycles. The molecule has 1 aliphatic rings. The molecule has 4 heteroatoms. The van der Waals surface area contributed by atoms with Crippen LogP contribution in [0.1, 0.15) is 18.4 Å². The van der Waals surface area contributed by atoms with Crippen LogP contribution in [0.5, 0.6) is 5.75 Å². The highest BCUT2D eigenvalue weighted by molar-refractivity contribution is 9.10. The van der Waals surface area contributed by atoms with E-state index in [0.717, 1.165) is 28.9 Å². The van der Waals surface area contributed by atoms with Gasteiger partial charge in [0.05, 0.1) is 0 Å². The minimum Gasteiger partial charge on any atom is -0.481 e. The second-order valence-corrected chi connectivity index (χ2v) is 6.14. The standard InChI is InChI=1S/C16H21BrN2O/c1-3-9-20-16-7-6-14(17)10-13(16)11-18-15-5-4-8-19(2)12-15/h1,6-7,10,15,18H,4-5,8-9,11-12H2,2H3. The lowest BCUT2D eigenvalue weighted by Crippen LogP contribution is -2.43. The van der Waals surface area contributed by atoms with Crippen LogP contribution < -0.4 is 10.1 Å². The Morgan fingerprint density at radius 2 is 2.40 bits per heavy atom. The fourth-order valence-corrected chi connectivity index (χ4v) is 2.94. The van der Waals surface area contributed by atoms with Crippen molar-refractivity contribution in [2.24, 2.45) is 0 Å². The quantitative estimate of drug-likeness (QED) is 0.836. The first-order valence-electron chi connectivity index (χ1n) is 6.95. The largest absolute Gasteiger partial charge is 0.481 e. The first kappa shape index (κ1) is 15.4. The minimum atomic E-state index is 0.306. The lowest BCUT2D eigenvalue weighted by molar-refractivity contribution is 0.226. The van der Waals surface area contributed by atoms with Crippen LogP contribution in [0.15, 0.2) is 22.7 Å². The number of hydrogen-bond acceptors (Lipinski definition) is 3. The van der Waals surface area contributed by atoms with Crippen molar-refractivity contribution in [2.75, 3.05) is 26.7 Å². The Morgan fingerprint density at radius 3 is 3.15 bits per heavy atom. The van der Waals surface area contributed by atoms with Crippen molar-refractivity contribution in [2.45, 2.75) is 25.4 Å². The molecule has 0 aliphatic carbocycles. The summed E-state index contributed by atoms with van der Waals surface area (Å²) in [4.78, 5) is 2.37. The van der Waals surface area contributed by atoms with Crippen LogP contribution in [-0.4, -0.2) is 37.7 Å². The predicted molar refractivity (Wildman–Crippen MR) is 85.8 cm³/mol. The van der Waals surface area contributed by atoms with Gasteiger partial charge >= 0.3 is 0 Å². The molecule has 0 bridgehead atoms. The van der Waals surface area contributed by atoms with Crippen LogP contribution in [0.4, 0.5) is 0 Å². The molecule has 1 fully saturated rings. The Hall–Kier alpha value is -1.02. The third kappa shape index (κ3) is 4.52. The molecule has 1 aliphatic heterocycles. The predicted octanol–water partition coefficient (Wildman–Crippen LogP) is 2.64. The Balaban J connectivity index is 1.97. The van der Waals surface area contributed by atoms with E-state index in [2.05, 4.69) is 45.2 Å². The highest BCUT2D eigenvalue weighted by atomic mass is 79.9. The Morgan fingerprint density at radius 1 is 1.55 bits per heavy atom. The summed E-state index contributed by atoms with van der Waals surface area (Å²) in [5.74, 6) is 3.37. The van der Waals surface area contributed by atoms with Gasteiger partial charge in [0.25, 0.3) is 0 Å². The molecule has 1 atom stereocenters. The van der Waals surface area contributed by atoms with E-state index in [1.807, 2.05) is 12.1 Å². The normalized spacial score (nSPS) is 19.6. The average molecular weight is 337 g/mol. The smallest absolute Gasteiger partial charge is 0.148 e. The topological polar surface area (TPSA) is 24.5 Å². The molecule has 1 saturated heterocycles. The molecule has 108 valence electrons. The molecule has 1 aromatic carbocycles. The Labute approximate surface area is 129 Å². The maximum atomic E-state index is 5.59. The summed E-state index contributed by atoms with van der Waals surface area (Å²) < 4.78 is 6.65. The van der Waals surface area contributed by atoms with Gasteiger partial charge in [-0.25, -0.2) is 0 Å². The van der Waals surface area contributed by atoms with Crippen molar-refractivity contribution in [3.05, 3.63) is 28.2 Å². The van der Waals surface area contributed by atoms with Gasteiger partial charge in [-0.05, 0) is 44.6 Å². The number of terminal acetylenes is 1. The number of likely N-dealkylation sites (N-methyl/N-ethyl adjacent to an activating group) is 1. The van der Waals surface area contributed by atoms with Crippen molar-refractivity contribution < 1.29 is 4.74 Å². The van der Waals surface area contributed by atoms with Crippen LogP contribution in [-0.2, 0) is 6.54 Å². The molecule has 0 amide bonds. The minimum absolute atomic E-state index is 0.306. The summed E-state index contributed by atoms with van der Waals surface area (Å²) >= 11 is 3.51. The first-order valence-corrected chi connectivity index (χ1v) is 7.75. The molecular formula is C16H21BrN2O. The molecule has 20 heavy (non-hydrogen) atoms. The van der Waals surface area contributed by atoms with Crippen LogP contribution in [0.2, 0.25) is 0 Å². The van der Waals surface area contributed by atoms with Crippen LogP contribution >= 0.6 is 15.9 Å². The number of benzene rings is 1. The van der Waals surface area contributed by atoms with Gasteiger partial charge in [0, 0.05) is 29.2 Å². The molecule has 1 N–H and O–H groups in total. The lowest BCUT2D eigenvalue weighted by Gasteiger charge is -2.30. The Bertz CT molecular complexity index is 484. The van der Waals surface area contributed by atoms with Crippen molar-refractivity contribution in [1.29, 1.82) is 0 Å². The van der Waals surface area contributed by atoms with Gasteiger partial charge in [0.15, 0.2) is 0 Å². The molecular weight excluding hydrogens is 316 g/mol. The zero-order valence-corrected chi connectivity index (χ0v) is 13.4. The fourth-order valence-electron chi connectivity index (χ4n) is 2.53. The summed E-state index contributed by atoms with van der Waals surface area (Å²) in [5, 5.41) is 3.62.